The number of carbonyl (C=O) groups excluding carboxylic acids is 4. The first-order valence-corrected chi connectivity index (χ1v) is 14.0. The third-order valence-corrected chi connectivity index (χ3v) is 8.43. The summed E-state index contributed by atoms with van der Waals surface area (Å²) in [5, 5.41) is 2.22. The van der Waals surface area contributed by atoms with Gasteiger partial charge in [-0.1, -0.05) is 60.7 Å². The highest BCUT2D eigenvalue weighted by Gasteiger charge is 2.42. The van der Waals surface area contributed by atoms with E-state index in [0.29, 0.717) is 6.54 Å². The molecule has 0 spiro atoms. The second-order valence-corrected chi connectivity index (χ2v) is 10.9. The van der Waals surface area contributed by atoms with E-state index in [4.69, 9.17) is 0 Å². The van der Waals surface area contributed by atoms with E-state index >= 15 is 4.39 Å². The molecule has 6 rings (SSSR count). The summed E-state index contributed by atoms with van der Waals surface area (Å²) in [4.78, 5) is 55.4. The highest BCUT2D eigenvalue weighted by atomic mass is 19.1. The molecule has 10 heteroatoms. The minimum atomic E-state index is -0.896. The zero-order valence-electron chi connectivity index (χ0n) is 22.8. The number of hydrogen-bond donors (Lipinski definition) is 1. The molecule has 3 heterocycles. The average Bonchev–Trinajstić information content (AvgIpc) is 3.35. The summed E-state index contributed by atoms with van der Waals surface area (Å²) in [5.41, 5.74) is 1.97. The molecule has 2 fully saturated rings. The van der Waals surface area contributed by atoms with Crippen LogP contribution in [0.2, 0.25) is 0 Å². The molecule has 216 valence electrons. The van der Waals surface area contributed by atoms with Crippen molar-refractivity contribution in [2.75, 3.05) is 26.3 Å². The second kappa shape index (κ2) is 11.4. The zero-order valence-corrected chi connectivity index (χ0v) is 22.8. The number of rotatable bonds is 6. The first-order chi connectivity index (χ1) is 20.4. The number of piperidine rings is 1. The SMILES string of the molecule is O=C1CCC(N2Cc3c(ccc(C(=O)N4CCN(C(c5ccccc5)c5ccccc5)CC4CF)c3F)C2=O)C(=O)N1. The standard InChI is InChI=1S/C32H30F2N4O4/c33-17-22-18-36(29(20-7-3-1-4-8-20)21-9-5-2-6-10-21)15-16-37(22)32(42)24-12-11-23-25(28(24)34)19-38(31(23)41)26-13-14-27(39)35-30(26)40/h1-12,22,26,29H,13-19H2,(H,35,39,40). The first-order valence-electron chi connectivity index (χ1n) is 14.0. The third-order valence-electron chi connectivity index (χ3n) is 8.43. The summed E-state index contributed by atoms with van der Waals surface area (Å²) in [6.45, 7) is -0.0894. The van der Waals surface area contributed by atoms with Crippen LogP contribution in [0, 0.1) is 5.82 Å². The number of nitrogens with one attached hydrogen (secondary N) is 1. The van der Waals surface area contributed by atoms with Gasteiger partial charge in [0.15, 0.2) is 0 Å². The topological polar surface area (TPSA) is 90.0 Å². The Morgan fingerprint density at radius 2 is 1.60 bits per heavy atom. The van der Waals surface area contributed by atoms with Crippen LogP contribution in [0.3, 0.4) is 0 Å². The van der Waals surface area contributed by atoms with E-state index in [1.54, 1.807) is 0 Å². The van der Waals surface area contributed by atoms with E-state index < -0.39 is 48.2 Å². The smallest absolute Gasteiger partial charge is 0.257 e. The van der Waals surface area contributed by atoms with Crippen molar-refractivity contribution in [3.63, 3.8) is 0 Å². The quantitative estimate of drug-likeness (QED) is 0.457. The number of fused-ring (bicyclic) bond motifs is 1. The average molecular weight is 573 g/mol. The fourth-order valence-corrected chi connectivity index (χ4v) is 6.32. The van der Waals surface area contributed by atoms with Gasteiger partial charge < -0.3 is 9.80 Å². The zero-order chi connectivity index (χ0) is 29.4. The Bertz CT molecular complexity index is 1490. The number of alkyl halides is 1. The molecule has 0 aromatic heterocycles. The first kappa shape index (κ1) is 27.7. The molecule has 2 atom stereocenters. The summed E-state index contributed by atoms with van der Waals surface area (Å²) in [5.74, 6) is -3.02. The number of halogens is 2. The molecule has 0 aliphatic carbocycles. The van der Waals surface area contributed by atoms with Crippen LogP contribution in [0.5, 0.6) is 0 Å². The number of benzene rings is 3. The van der Waals surface area contributed by atoms with Gasteiger partial charge in [-0.05, 0) is 29.7 Å². The molecule has 0 bridgehead atoms. The Hall–Kier alpha value is -4.44. The Morgan fingerprint density at radius 1 is 0.929 bits per heavy atom. The number of piperazine rings is 1. The Kier molecular flexibility index (Phi) is 7.55. The van der Waals surface area contributed by atoms with Gasteiger partial charge in [0.05, 0.1) is 24.2 Å². The lowest BCUT2D eigenvalue weighted by Crippen LogP contribution is -2.57. The summed E-state index contributed by atoms with van der Waals surface area (Å²) in [6.07, 6.45) is 0.224. The number of nitrogens with zero attached hydrogens (tertiary/aromatic N) is 3. The number of hydrogen-bond acceptors (Lipinski definition) is 5. The van der Waals surface area contributed by atoms with Gasteiger partial charge in [-0.2, -0.15) is 0 Å². The number of amides is 4. The molecule has 3 aromatic rings. The van der Waals surface area contributed by atoms with Gasteiger partial charge in [-0.15, -0.1) is 0 Å². The van der Waals surface area contributed by atoms with Crippen molar-refractivity contribution < 1.29 is 28.0 Å². The fraction of sp³-hybridized carbons (Fsp3) is 0.312. The summed E-state index contributed by atoms with van der Waals surface area (Å²) >= 11 is 0. The van der Waals surface area contributed by atoms with Crippen LogP contribution in [0.1, 0.15) is 56.3 Å². The van der Waals surface area contributed by atoms with E-state index in [2.05, 4.69) is 10.2 Å². The van der Waals surface area contributed by atoms with Crippen LogP contribution < -0.4 is 5.32 Å². The van der Waals surface area contributed by atoms with Crippen molar-refractivity contribution in [2.45, 2.75) is 37.5 Å². The van der Waals surface area contributed by atoms with Crippen LogP contribution in [0.15, 0.2) is 72.8 Å². The van der Waals surface area contributed by atoms with Crippen molar-refractivity contribution in [2.24, 2.45) is 0 Å². The Balaban J connectivity index is 1.23. The van der Waals surface area contributed by atoms with Gasteiger partial charge in [0, 0.05) is 37.2 Å². The lowest BCUT2D eigenvalue weighted by molar-refractivity contribution is -0.136. The van der Waals surface area contributed by atoms with E-state index in [1.807, 2.05) is 60.7 Å². The van der Waals surface area contributed by atoms with E-state index in [9.17, 15) is 23.6 Å². The molecule has 3 aromatic carbocycles. The third kappa shape index (κ3) is 4.96. The minimum absolute atomic E-state index is 0.0270. The van der Waals surface area contributed by atoms with Gasteiger partial charge in [0.25, 0.3) is 11.8 Å². The fourth-order valence-electron chi connectivity index (χ4n) is 6.32. The van der Waals surface area contributed by atoms with Crippen LogP contribution in [0.4, 0.5) is 8.78 Å². The molecule has 8 nitrogen and oxygen atoms in total. The van der Waals surface area contributed by atoms with Gasteiger partial charge >= 0.3 is 0 Å². The predicted molar refractivity (Wildman–Crippen MR) is 150 cm³/mol. The normalized spacial score (nSPS) is 21.1. The molecular formula is C32H30F2N4O4. The molecule has 3 aliphatic heterocycles. The molecule has 42 heavy (non-hydrogen) atoms. The highest BCUT2D eigenvalue weighted by molar-refractivity contribution is 6.06. The Morgan fingerprint density at radius 3 is 2.21 bits per heavy atom. The lowest BCUT2D eigenvalue weighted by atomic mass is 9.95. The van der Waals surface area contributed by atoms with Crippen molar-refractivity contribution in [1.82, 2.24) is 20.0 Å². The number of imide groups is 1. The van der Waals surface area contributed by atoms with Gasteiger partial charge in [0.1, 0.15) is 18.5 Å². The number of carbonyl (C=O) groups is 4. The van der Waals surface area contributed by atoms with Crippen LogP contribution >= 0.6 is 0 Å². The minimum Gasteiger partial charge on any atom is -0.330 e. The maximum absolute atomic E-state index is 15.8. The van der Waals surface area contributed by atoms with Crippen LogP contribution in [-0.4, -0.2) is 76.7 Å². The van der Waals surface area contributed by atoms with Gasteiger partial charge in [-0.3, -0.25) is 29.4 Å². The van der Waals surface area contributed by atoms with E-state index in [-0.39, 0.29) is 55.2 Å². The molecule has 1 N–H and O–H groups in total. The molecule has 4 amide bonds. The van der Waals surface area contributed by atoms with Crippen molar-refractivity contribution >= 4 is 23.6 Å². The van der Waals surface area contributed by atoms with Crippen LogP contribution in [0.25, 0.3) is 0 Å². The maximum Gasteiger partial charge on any atom is 0.257 e. The Labute approximate surface area is 241 Å². The van der Waals surface area contributed by atoms with Crippen molar-refractivity contribution in [3.05, 3.63) is 106 Å². The molecule has 0 radical (unpaired) electrons. The summed E-state index contributed by atoms with van der Waals surface area (Å²) < 4.78 is 30.4. The predicted octanol–water partition coefficient (Wildman–Crippen LogP) is 3.47. The van der Waals surface area contributed by atoms with E-state index in [1.165, 1.54) is 21.9 Å². The van der Waals surface area contributed by atoms with E-state index in [0.717, 1.165) is 11.1 Å². The molecule has 3 aliphatic rings. The lowest BCUT2D eigenvalue weighted by Gasteiger charge is -2.44. The van der Waals surface area contributed by atoms with Gasteiger partial charge in [-0.25, -0.2) is 8.78 Å². The highest BCUT2D eigenvalue weighted by Crippen LogP contribution is 2.34. The molecule has 2 unspecified atom stereocenters. The molecule has 2 saturated heterocycles. The largest absolute Gasteiger partial charge is 0.330 e. The maximum atomic E-state index is 15.8. The molecular weight excluding hydrogens is 542 g/mol. The van der Waals surface area contributed by atoms with Crippen molar-refractivity contribution in [3.8, 4) is 0 Å². The summed E-state index contributed by atoms with van der Waals surface area (Å²) in [6, 6.07) is 20.6. The monoisotopic (exact) mass is 572 g/mol. The van der Waals surface area contributed by atoms with Crippen LogP contribution in [-0.2, 0) is 16.1 Å². The van der Waals surface area contributed by atoms with Gasteiger partial charge in [0.2, 0.25) is 11.8 Å². The molecule has 0 saturated carbocycles. The second-order valence-electron chi connectivity index (χ2n) is 10.9. The summed E-state index contributed by atoms with van der Waals surface area (Å²) in [7, 11) is 0. The van der Waals surface area contributed by atoms with Crippen molar-refractivity contribution in [1.29, 1.82) is 0 Å².